The number of Topliss-reactive ketones (excluding diaryl/α,β-unsaturated/α-hetero) is 1. The standard InChI is InChI=1S/C31H45ClO9/c1-9-16(5)13-20(33)39-27-26(41-29(36)18(7)11-3)22(30(8)15-38-30)21-19(12-4)24(34)25(23(21)31(27,37)14-32)40-28(35)17(6)10-2/h12-13,17-18,21-23,25-27,37H,9-11,14-15H2,1-8H3/b16-13+,19-12+/t17?,18?,21-,22-,23-,25-,26+,27+,30+,31-/m0/s1. The maximum atomic E-state index is 13.9. The van der Waals surface area contributed by atoms with Crippen molar-refractivity contribution >= 4 is 35.3 Å². The van der Waals surface area contributed by atoms with Crippen LogP contribution in [-0.4, -0.2) is 70.8 Å². The lowest BCUT2D eigenvalue weighted by Gasteiger charge is -2.53. The molecule has 0 aromatic carbocycles. The molecule has 0 spiro atoms. The van der Waals surface area contributed by atoms with Crippen molar-refractivity contribution in [2.75, 3.05) is 12.5 Å². The van der Waals surface area contributed by atoms with E-state index in [2.05, 4.69) is 0 Å². The van der Waals surface area contributed by atoms with E-state index in [0.29, 0.717) is 31.4 Å². The van der Waals surface area contributed by atoms with Crippen LogP contribution in [0.25, 0.3) is 0 Å². The quantitative estimate of drug-likeness (QED) is 0.122. The molecule has 41 heavy (non-hydrogen) atoms. The van der Waals surface area contributed by atoms with Crippen molar-refractivity contribution in [1.29, 1.82) is 0 Å². The molecule has 2 aliphatic carbocycles. The molecule has 0 amide bonds. The molecular weight excluding hydrogens is 552 g/mol. The lowest BCUT2D eigenvalue weighted by molar-refractivity contribution is -0.243. The van der Waals surface area contributed by atoms with Crippen molar-refractivity contribution in [3.05, 3.63) is 23.3 Å². The lowest BCUT2D eigenvalue weighted by Crippen LogP contribution is -2.70. The SMILES string of the molecule is C/C=C1/C(=O)[C@@H](OC(=O)C(C)CC)[C@@H]2[C@@H]1[C@H]([C@@]1(C)CO1)[C@@H](OC(=O)C(C)CC)[C@@H](OC(=O)/C=C(\C)CC)[C@]2(O)CCl. The van der Waals surface area contributed by atoms with Gasteiger partial charge in [0, 0.05) is 23.8 Å². The zero-order valence-electron chi connectivity index (χ0n) is 25.4. The third-order valence-corrected chi connectivity index (χ3v) is 9.67. The van der Waals surface area contributed by atoms with Crippen molar-refractivity contribution in [2.24, 2.45) is 29.6 Å². The highest BCUT2D eigenvalue weighted by molar-refractivity contribution is 6.19. The van der Waals surface area contributed by atoms with Gasteiger partial charge in [0.1, 0.15) is 11.7 Å². The Morgan fingerprint density at radius 2 is 1.63 bits per heavy atom. The molecule has 1 N–H and O–H groups in total. The largest absolute Gasteiger partial charge is 0.458 e. The van der Waals surface area contributed by atoms with Crippen LogP contribution >= 0.6 is 11.6 Å². The monoisotopic (exact) mass is 596 g/mol. The van der Waals surface area contributed by atoms with Crippen LogP contribution in [0.5, 0.6) is 0 Å². The summed E-state index contributed by atoms with van der Waals surface area (Å²) < 4.78 is 23.7. The molecule has 10 atom stereocenters. The van der Waals surface area contributed by atoms with Gasteiger partial charge in [0.25, 0.3) is 0 Å². The van der Waals surface area contributed by atoms with Crippen molar-refractivity contribution < 1.29 is 43.2 Å². The van der Waals surface area contributed by atoms with Crippen LogP contribution in [0.4, 0.5) is 0 Å². The predicted molar refractivity (Wildman–Crippen MR) is 152 cm³/mol. The number of hydrogen-bond donors (Lipinski definition) is 1. The van der Waals surface area contributed by atoms with E-state index in [9.17, 15) is 24.3 Å². The number of rotatable bonds is 11. The molecule has 10 heteroatoms. The first-order valence-corrected chi connectivity index (χ1v) is 15.2. The van der Waals surface area contributed by atoms with E-state index in [4.69, 9.17) is 30.5 Å². The zero-order valence-corrected chi connectivity index (χ0v) is 26.2. The summed E-state index contributed by atoms with van der Waals surface area (Å²) in [6.07, 6.45) is 0.510. The summed E-state index contributed by atoms with van der Waals surface area (Å²) >= 11 is 6.50. The first-order valence-electron chi connectivity index (χ1n) is 14.7. The van der Waals surface area contributed by atoms with E-state index in [0.717, 1.165) is 5.57 Å². The van der Waals surface area contributed by atoms with Gasteiger partial charge in [-0.25, -0.2) is 4.79 Å². The number of epoxide rings is 1. The third kappa shape index (κ3) is 6.27. The fourth-order valence-electron chi connectivity index (χ4n) is 5.98. The molecular formula is C31H45ClO9. The van der Waals surface area contributed by atoms with Crippen LogP contribution in [-0.2, 0) is 38.1 Å². The molecule has 3 rings (SSSR count). The molecule has 0 aromatic rings. The second-order valence-corrected chi connectivity index (χ2v) is 12.3. The number of ketones is 1. The molecule has 2 unspecified atom stereocenters. The van der Waals surface area contributed by atoms with Gasteiger partial charge in [-0.05, 0) is 45.6 Å². The number of ether oxygens (including phenoxy) is 4. The molecule has 1 heterocycles. The van der Waals surface area contributed by atoms with Gasteiger partial charge in [0.15, 0.2) is 18.0 Å². The minimum Gasteiger partial charge on any atom is -0.458 e. The van der Waals surface area contributed by atoms with Gasteiger partial charge in [0.05, 0.1) is 29.9 Å². The third-order valence-electron chi connectivity index (χ3n) is 9.24. The lowest BCUT2D eigenvalue weighted by atomic mass is 9.58. The molecule has 230 valence electrons. The number of aliphatic hydroxyl groups is 1. The Morgan fingerprint density at radius 1 is 1.07 bits per heavy atom. The normalized spacial score (nSPS) is 37.3. The average molecular weight is 597 g/mol. The Morgan fingerprint density at radius 3 is 2.10 bits per heavy atom. The summed E-state index contributed by atoms with van der Waals surface area (Å²) in [4.78, 5) is 53.2. The van der Waals surface area contributed by atoms with Gasteiger partial charge < -0.3 is 24.1 Å². The Balaban J connectivity index is 2.25. The number of carbonyl (C=O) groups excluding carboxylic acids is 4. The molecule has 3 fully saturated rings. The number of hydrogen-bond acceptors (Lipinski definition) is 9. The molecule has 0 radical (unpaired) electrons. The van der Waals surface area contributed by atoms with E-state index < -0.39 is 88.7 Å². The van der Waals surface area contributed by atoms with Gasteiger partial charge in [-0.15, -0.1) is 11.6 Å². The first kappa shape index (κ1) is 33.3. The van der Waals surface area contributed by atoms with E-state index in [1.54, 1.807) is 33.8 Å². The highest BCUT2D eigenvalue weighted by Gasteiger charge is 2.74. The summed E-state index contributed by atoms with van der Waals surface area (Å²) in [5.41, 5.74) is -1.88. The number of allylic oxidation sites excluding steroid dienone is 2. The summed E-state index contributed by atoms with van der Waals surface area (Å²) in [7, 11) is 0. The maximum Gasteiger partial charge on any atom is 0.331 e. The summed E-state index contributed by atoms with van der Waals surface area (Å²) in [5, 5.41) is 12.4. The van der Waals surface area contributed by atoms with E-state index in [-0.39, 0.29) is 0 Å². The van der Waals surface area contributed by atoms with E-state index >= 15 is 0 Å². The maximum absolute atomic E-state index is 13.9. The number of alkyl halides is 1. The van der Waals surface area contributed by atoms with Crippen molar-refractivity contribution in [2.45, 2.75) is 104 Å². The first-order chi connectivity index (χ1) is 19.2. The van der Waals surface area contributed by atoms with Crippen LogP contribution in [0.15, 0.2) is 23.3 Å². The van der Waals surface area contributed by atoms with Gasteiger partial charge in [0.2, 0.25) is 0 Å². The van der Waals surface area contributed by atoms with Crippen LogP contribution in [0, 0.1) is 29.6 Å². The van der Waals surface area contributed by atoms with Crippen molar-refractivity contribution in [3.63, 3.8) is 0 Å². The Labute approximate surface area is 247 Å². The highest BCUT2D eigenvalue weighted by atomic mass is 35.5. The van der Waals surface area contributed by atoms with Crippen LogP contribution < -0.4 is 0 Å². The van der Waals surface area contributed by atoms with Gasteiger partial charge in [-0.2, -0.15) is 0 Å². The minimum absolute atomic E-state index is 0.301. The number of fused-ring (bicyclic) bond motifs is 1. The molecule has 3 aliphatic rings. The molecule has 2 saturated carbocycles. The number of esters is 3. The predicted octanol–water partition coefficient (Wildman–Crippen LogP) is 4.32. The Kier molecular flexibility index (Phi) is 10.5. The van der Waals surface area contributed by atoms with Crippen molar-refractivity contribution in [3.8, 4) is 0 Å². The van der Waals surface area contributed by atoms with Crippen LogP contribution in [0.3, 0.4) is 0 Å². The van der Waals surface area contributed by atoms with Gasteiger partial charge in [-0.3, -0.25) is 14.4 Å². The second kappa shape index (κ2) is 13.0. The topological polar surface area (TPSA) is 129 Å². The molecule has 1 saturated heterocycles. The Bertz CT molecular complexity index is 1090. The van der Waals surface area contributed by atoms with Gasteiger partial charge in [-0.1, -0.05) is 46.3 Å². The molecule has 9 nitrogen and oxygen atoms in total. The van der Waals surface area contributed by atoms with Gasteiger partial charge >= 0.3 is 17.9 Å². The average Bonchev–Trinajstić information content (AvgIpc) is 3.63. The van der Waals surface area contributed by atoms with Crippen LogP contribution in [0.1, 0.15) is 74.7 Å². The minimum atomic E-state index is -2.10. The summed E-state index contributed by atoms with van der Waals surface area (Å²) in [6.45, 7) is 14.6. The molecule has 0 aromatic heterocycles. The smallest absolute Gasteiger partial charge is 0.331 e. The van der Waals surface area contributed by atoms with Crippen molar-refractivity contribution in [1.82, 2.24) is 0 Å². The zero-order chi connectivity index (χ0) is 30.9. The van der Waals surface area contributed by atoms with E-state index in [1.165, 1.54) is 6.08 Å². The fraction of sp³-hybridized carbons (Fsp3) is 0.742. The molecule has 0 bridgehead atoms. The fourth-order valence-corrected chi connectivity index (χ4v) is 6.31. The molecule has 1 aliphatic heterocycles. The summed E-state index contributed by atoms with van der Waals surface area (Å²) in [5.74, 6) is -6.29. The second-order valence-electron chi connectivity index (χ2n) is 12.0. The number of carbonyl (C=O) groups is 4. The number of halogens is 1. The highest BCUT2D eigenvalue weighted by Crippen LogP contribution is 2.59. The van der Waals surface area contributed by atoms with E-state index in [1.807, 2.05) is 27.7 Å². The van der Waals surface area contributed by atoms with Crippen LogP contribution in [0.2, 0.25) is 0 Å². The Hall–Kier alpha value is -2.23. The summed E-state index contributed by atoms with van der Waals surface area (Å²) in [6, 6.07) is 0.